The number of anilines is 1. The van der Waals surface area contributed by atoms with Crippen molar-refractivity contribution in [3.8, 4) is 5.75 Å². The largest absolute Gasteiger partial charge is 0.495 e. The smallest absolute Gasteiger partial charge is 0.314 e. The van der Waals surface area contributed by atoms with E-state index in [0.717, 1.165) is 16.7 Å². The van der Waals surface area contributed by atoms with Crippen molar-refractivity contribution < 1.29 is 14.3 Å². The lowest BCUT2D eigenvalue weighted by Gasteiger charge is -2.23. The number of nitrogens with zero attached hydrogens (tertiary/aromatic N) is 1. The van der Waals surface area contributed by atoms with Crippen LogP contribution in [0.2, 0.25) is 0 Å². The number of rotatable bonds is 6. The van der Waals surface area contributed by atoms with Gasteiger partial charge in [-0.2, -0.15) is 0 Å². The number of amides is 2. The number of aryl methyl sites for hydroxylation is 1. The second-order valence-corrected chi connectivity index (χ2v) is 6.79. The normalized spacial score (nSPS) is 10.3. The van der Waals surface area contributed by atoms with E-state index < -0.39 is 11.8 Å². The predicted molar refractivity (Wildman–Crippen MR) is 113 cm³/mol. The van der Waals surface area contributed by atoms with Crippen LogP contribution in [0.15, 0.2) is 78.9 Å². The molecule has 0 atom stereocenters. The Labute approximate surface area is 170 Å². The maximum Gasteiger partial charge on any atom is 0.314 e. The summed E-state index contributed by atoms with van der Waals surface area (Å²) in [5.41, 5.74) is 3.35. The summed E-state index contributed by atoms with van der Waals surface area (Å²) in [5.74, 6) is -0.781. The van der Waals surface area contributed by atoms with E-state index in [-0.39, 0.29) is 0 Å². The summed E-state index contributed by atoms with van der Waals surface area (Å²) in [6.07, 6.45) is 0. The van der Waals surface area contributed by atoms with E-state index in [4.69, 9.17) is 4.74 Å². The van der Waals surface area contributed by atoms with Crippen LogP contribution in [-0.2, 0) is 22.7 Å². The highest BCUT2D eigenvalue weighted by Gasteiger charge is 2.23. The third-order valence-corrected chi connectivity index (χ3v) is 4.52. The number of ether oxygens (including phenoxy) is 1. The zero-order valence-corrected chi connectivity index (χ0v) is 16.6. The van der Waals surface area contributed by atoms with Gasteiger partial charge in [0, 0.05) is 13.1 Å². The van der Waals surface area contributed by atoms with Crippen molar-refractivity contribution in [1.82, 2.24) is 4.90 Å². The molecular formula is C24H24N2O3. The maximum atomic E-state index is 13.0. The lowest BCUT2D eigenvalue weighted by molar-refractivity contribution is -0.144. The molecule has 0 spiro atoms. The molecule has 3 rings (SSSR count). The fraction of sp³-hybridized carbons (Fsp3) is 0.167. The van der Waals surface area contributed by atoms with Gasteiger partial charge in [0.15, 0.2) is 0 Å². The van der Waals surface area contributed by atoms with Crippen molar-refractivity contribution in [2.75, 3.05) is 12.4 Å². The van der Waals surface area contributed by atoms with Gasteiger partial charge in [-0.25, -0.2) is 0 Å². The zero-order chi connectivity index (χ0) is 20.6. The molecule has 0 unspecified atom stereocenters. The molecule has 3 aromatic carbocycles. The van der Waals surface area contributed by atoms with E-state index in [1.54, 1.807) is 17.0 Å². The number of hydrogen-bond acceptors (Lipinski definition) is 3. The van der Waals surface area contributed by atoms with Gasteiger partial charge in [0.2, 0.25) is 0 Å². The highest BCUT2D eigenvalue weighted by Crippen LogP contribution is 2.25. The standard InChI is InChI=1S/C24H24N2O3/c1-18-13-14-22(29-2)21(15-18)25-23(27)24(28)26(16-19-9-5-3-6-10-19)17-20-11-7-4-8-12-20/h3-15H,16-17H2,1-2H3,(H,25,27). The summed E-state index contributed by atoms with van der Waals surface area (Å²) in [6, 6.07) is 24.7. The van der Waals surface area contributed by atoms with Gasteiger partial charge in [0.05, 0.1) is 12.8 Å². The molecule has 0 radical (unpaired) electrons. The topological polar surface area (TPSA) is 58.6 Å². The highest BCUT2D eigenvalue weighted by atomic mass is 16.5. The van der Waals surface area contributed by atoms with Gasteiger partial charge in [0.1, 0.15) is 5.75 Å². The van der Waals surface area contributed by atoms with E-state index in [2.05, 4.69) is 5.32 Å². The van der Waals surface area contributed by atoms with Gasteiger partial charge in [-0.05, 0) is 35.7 Å². The van der Waals surface area contributed by atoms with Gasteiger partial charge in [-0.1, -0.05) is 66.7 Å². The first kappa shape index (κ1) is 20.1. The molecule has 5 nitrogen and oxygen atoms in total. The van der Waals surface area contributed by atoms with Gasteiger partial charge in [-0.15, -0.1) is 0 Å². The molecular weight excluding hydrogens is 364 g/mol. The molecule has 5 heteroatoms. The number of nitrogens with one attached hydrogen (secondary N) is 1. The van der Waals surface area contributed by atoms with Crippen LogP contribution in [0.1, 0.15) is 16.7 Å². The summed E-state index contributed by atoms with van der Waals surface area (Å²) in [5, 5.41) is 2.70. The molecule has 3 aromatic rings. The number of methoxy groups -OCH3 is 1. The summed E-state index contributed by atoms with van der Waals surface area (Å²) < 4.78 is 5.29. The molecule has 1 N–H and O–H groups in total. The minimum absolute atomic E-state index is 0.340. The van der Waals surface area contributed by atoms with E-state index in [9.17, 15) is 9.59 Å². The second-order valence-electron chi connectivity index (χ2n) is 6.79. The van der Waals surface area contributed by atoms with Crippen molar-refractivity contribution in [3.05, 3.63) is 95.6 Å². The summed E-state index contributed by atoms with van der Waals surface area (Å²) >= 11 is 0. The molecule has 2 amide bonds. The van der Waals surface area contributed by atoms with Crippen LogP contribution in [-0.4, -0.2) is 23.8 Å². The highest BCUT2D eigenvalue weighted by molar-refractivity contribution is 6.39. The zero-order valence-electron chi connectivity index (χ0n) is 16.6. The number of carbonyl (C=O) groups is 2. The quantitative estimate of drug-likeness (QED) is 0.645. The first-order chi connectivity index (χ1) is 14.1. The minimum atomic E-state index is -0.694. The van der Waals surface area contributed by atoms with Crippen LogP contribution in [0.4, 0.5) is 5.69 Å². The summed E-state index contributed by atoms with van der Waals surface area (Å²) in [6.45, 7) is 2.59. The van der Waals surface area contributed by atoms with Crippen molar-refractivity contribution >= 4 is 17.5 Å². The Kier molecular flexibility index (Phi) is 6.63. The van der Waals surface area contributed by atoms with Crippen LogP contribution in [0, 0.1) is 6.92 Å². The Bertz CT molecular complexity index is 930. The van der Waals surface area contributed by atoms with Crippen molar-refractivity contribution in [1.29, 1.82) is 0 Å². The Morgan fingerprint density at radius 1 is 0.862 bits per heavy atom. The molecule has 148 valence electrons. The first-order valence-corrected chi connectivity index (χ1v) is 9.39. The average Bonchev–Trinajstić information content (AvgIpc) is 2.74. The minimum Gasteiger partial charge on any atom is -0.495 e. The predicted octanol–water partition coefficient (Wildman–Crippen LogP) is 4.17. The molecule has 0 bridgehead atoms. The maximum absolute atomic E-state index is 13.0. The van der Waals surface area contributed by atoms with Crippen molar-refractivity contribution in [2.24, 2.45) is 0 Å². The summed E-state index contributed by atoms with van der Waals surface area (Å²) in [7, 11) is 1.53. The SMILES string of the molecule is COc1ccc(C)cc1NC(=O)C(=O)N(Cc1ccccc1)Cc1ccccc1. The molecule has 0 aromatic heterocycles. The van der Waals surface area contributed by atoms with Crippen LogP contribution in [0.25, 0.3) is 0 Å². The third-order valence-electron chi connectivity index (χ3n) is 4.52. The Hall–Kier alpha value is -3.60. The first-order valence-electron chi connectivity index (χ1n) is 9.39. The van der Waals surface area contributed by atoms with Crippen LogP contribution >= 0.6 is 0 Å². The number of hydrogen-bond donors (Lipinski definition) is 1. The number of benzene rings is 3. The van der Waals surface area contributed by atoms with Crippen molar-refractivity contribution in [2.45, 2.75) is 20.0 Å². The average molecular weight is 388 g/mol. The molecule has 0 saturated heterocycles. The van der Waals surface area contributed by atoms with Crippen LogP contribution in [0.3, 0.4) is 0 Å². The molecule has 0 saturated carbocycles. The lowest BCUT2D eigenvalue weighted by atomic mass is 10.1. The van der Waals surface area contributed by atoms with Gasteiger partial charge in [0.25, 0.3) is 0 Å². The molecule has 0 aliphatic rings. The fourth-order valence-corrected chi connectivity index (χ4v) is 3.05. The lowest BCUT2D eigenvalue weighted by Crippen LogP contribution is -2.39. The van der Waals surface area contributed by atoms with E-state index in [1.165, 1.54) is 7.11 Å². The van der Waals surface area contributed by atoms with Crippen molar-refractivity contribution in [3.63, 3.8) is 0 Å². The van der Waals surface area contributed by atoms with Gasteiger partial charge < -0.3 is 15.0 Å². The molecule has 0 heterocycles. The summed E-state index contributed by atoms with van der Waals surface area (Å²) in [4.78, 5) is 27.3. The Balaban J connectivity index is 1.81. The molecule has 0 aliphatic heterocycles. The fourth-order valence-electron chi connectivity index (χ4n) is 3.05. The van der Waals surface area contributed by atoms with Crippen LogP contribution < -0.4 is 10.1 Å². The molecule has 0 fully saturated rings. The van der Waals surface area contributed by atoms with E-state index >= 15 is 0 Å². The van der Waals surface area contributed by atoms with E-state index in [1.807, 2.05) is 73.7 Å². The third kappa shape index (κ3) is 5.45. The van der Waals surface area contributed by atoms with Gasteiger partial charge in [-0.3, -0.25) is 9.59 Å². The molecule has 29 heavy (non-hydrogen) atoms. The molecule has 0 aliphatic carbocycles. The Morgan fingerprint density at radius 3 is 1.93 bits per heavy atom. The van der Waals surface area contributed by atoms with Gasteiger partial charge >= 0.3 is 11.8 Å². The Morgan fingerprint density at radius 2 is 1.41 bits per heavy atom. The monoisotopic (exact) mass is 388 g/mol. The van der Waals surface area contributed by atoms with Crippen LogP contribution in [0.5, 0.6) is 5.75 Å². The number of carbonyl (C=O) groups excluding carboxylic acids is 2. The second kappa shape index (κ2) is 9.55. The van der Waals surface area contributed by atoms with E-state index in [0.29, 0.717) is 24.5 Å².